The van der Waals surface area contributed by atoms with E-state index in [-0.39, 0.29) is 12.1 Å². The lowest BCUT2D eigenvalue weighted by molar-refractivity contribution is -0.144. The van der Waals surface area contributed by atoms with Gasteiger partial charge in [0.1, 0.15) is 17.6 Å². The van der Waals surface area contributed by atoms with Gasteiger partial charge in [0, 0.05) is 6.54 Å². The zero-order chi connectivity index (χ0) is 16.1. The van der Waals surface area contributed by atoms with Gasteiger partial charge in [-0.2, -0.15) is 0 Å². The molecule has 2 rings (SSSR count). The summed E-state index contributed by atoms with van der Waals surface area (Å²) < 4.78 is 9.05. The number of hydrogen-bond donors (Lipinski definition) is 0. The van der Waals surface area contributed by atoms with Crippen LogP contribution < -0.4 is 5.56 Å². The van der Waals surface area contributed by atoms with Crippen molar-refractivity contribution in [3.8, 4) is 0 Å². The van der Waals surface area contributed by atoms with E-state index in [2.05, 4.69) is 11.6 Å². The monoisotopic (exact) mass is 339 g/mol. The Morgan fingerprint density at radius 1 is 1.59 bits per heavy atom. The molecule has 0 unspecified atom stereocenters. The maximum atomic E-state index is 12.4. The standard InChI is InChI=1S/C14H17N3O3S2/c1-3-5-7-20-10(18)8-16-9-15-12-11(13(16)19)22-14(21)17(12)6-4-2/h4,9H,2-3,5-8H2,1H3. The normalized spacial score (nSPS) is 10.8. The number of rotatable bonds is 7. The van der Waals surface area contributed by atoms with E-state index in [1.807, 2.05) is 6.92 Å². The number of fused-ring (bicyclic) bond motifs is 1. The molecule has 0 bridgehead atoms. The molecule has 2 aromatic heterocycles. The van der Waals surface area contributed by atoms with Crippen molar-refractivity contribution in [3.63, 3.8) is 0 Å². The van der Waals surface area contributed by atoms with Crippen molar-refractivity contribution in [2.75, 3.05) is 6.61 Å². The lowest BCUT2D eigenvalue weighted by atomic mass is 10.4. The predicted molar refractivity (Wildman–Crippen MR) is 88.8 cm³/mol. The molecular formula is C14H17N3O3S2. The molecule has 0 atom stereocenters. The topological polar surface area (TPSA) is 66.1 Å². The summed E-state index contributed by atoms with van der Waals surface area (Å²) in [6.45, 7) is 6.40. The Kier molecular flexibility index (Phi) is 5.62. The van der Waals surface area contributed by atoms with Gasteiger partial charge in [0.25, 0.3) is 5.56 Å². The first-order valence-corrected chi connectivity index (χ1v) is 8.16. The Labute approximate surface area is 136 Å². The number of esters is 1. The molecule has 8 heteroatoms. The fraction of sp³-hybridized carbons (Fsp3) is 0.429. The number of thiazole rings is 1. The third-order valence-corrected chi connectivity index (χ3v) is 4.44. The summed E-state index contributed by atoms with van der Waals surface area (Å²) in [5.74, 6) is -0.439. The van der Waals surface area contributed by atoms with E-state index >= 15 is 0 Å². The second-order valence-electron chi connectivity index (χ2n) is 4.67. The molecule has 0 N–H and O–H groups in total. The highest BCUT2D eigenvalue weighted by atomic mass is 32.1. The number of aromatic nitrogens is 3. The minimum absolute atomic E-state index is 0.141. The first-order chi connectivity index (χ1) is 10.6. The van der Waals surface area contributed by atoms with E-state index in [0.717, 1.165) is 12.8 Å². The van der Waals surface area contributed by atoms with Gasteiger partial charge in [0.15, 0.2) is 9.60 Å². The Balaban J connectivity index is 2.28. The molecule has 2 heterocycles. The molecule has 0 aliphatic heterocycles. The average molecular weight is 339 g/mol. The van der Waals surface area contributed by atoms with Gasteiger partial charge < -0.3 is 9.30 Å². The van der Waals surface area contributed by atoms with Crippen LogP contribution in [0.5, 0.6) is 0 Å². The van der Waals surface area contributed by atoms with E-state index in [1.54, 1.807) is 10.6 Å². The van der Waals surface area contributed by atoms with E-state index < -0.39 is 5.97 Å². The minimum Gasteiger partial charge on any atom is -0.464 e. The highest BCUT2D eigenvalue weighted by Gasteiger charge is 2.13. The molecular weight excluding hydrogens is 322 g/mol. The molecule has 0 aromatic carbocycles. The van der Waals surface area contributed by atoms with Gasteiger partial charge in [-0.25, -0.2) is 4.98 Å². The summed E-state index contributed by atoms with van der Waals surface area (Å²) in [6.07, 6.45) is 4.80. The quantitative estimate of drug-likeness (QED) is 0.336. The number of allylic oxidation sites excluding steroid dienone is 1. The van der Waals surface area contributed by atoms with E-state index in [0.29, 0.717) is 27.5 Å². The SMILES string of the molecule is C=CCn1c(=S)sc2c(=O)n(CC(=O)OCCCC)cnc21. The van der Waals surface area contributed by atoms with Crippen LogP contribution in [-0.2, 0) is 22.6 Å². The number of ether oxygens (including phenoxy) is 1. The lowest BCUT2D eigenvalue weighted by Crippen LogP contribution is -2.25. The zero-order valence-corrected chi connectivity index (χ0v) is 13.9. The fourth-order valence-electron chi connectivity index (χ4n) is 1.89. The van der Waals surface area contributed by atoms with E-state index in [4.69, 9.17) is 17.0 Å². The molecule has 0 amide bonds. The van der Waals surface area contributed by atoms with Crippen LogP contribution in [0.25, 0.3) is 10.3 Å². The van der Waals surface area contributed by atoms with Crippen molar-refractivity contribution in [2.45, 2.75) is 32.9 Å². The number of carbonyl (C=O) groups is 1. The van der Waals surface area contributed by atoms with Gasteiger partial charge in [0.2, 0.25) is 0 Å². The van der Waals surface area contributed by atoms with Crippen molar-refractivity contribution >= 4 is 39.9 Å². The molecule has 118 valence electrons. The van der Waals surface area contributed by atoms with Gasteiger partial charge in [-0.05, 0) is 18.6 Å². The zero-order valence-electron chi connectivity index (χ0n) is 12.3. The third kappa shape index (κ3) is 3.50. The maximum absolute atomic E-state index is 12.4. The lowest BCUT2D eigenvalue weighted by Gasteiger charge is -2.06. The highest BCUT2D eigenvalue weighted by Crippen LogP contribution is 2.17. The largest absolute Gasteiger partial charge is 0.464 e. The summed E-state index contributed by atoms with van der Waals surface area (Å²) in [7, 11) is 0. The maximum Gasteiger partial charge on any atom is 0.326 e. The first kappa shape index (κ1) is 16.6. The predicted octanol–water partition coefficient (Wildman–Crippen LogP) is 2.52. The van der Waals surface area contributed by atoms with Crippen LogP contribution in [0.15, 0.2) is 23.8 Å². The molecule has 0 fully saturated rings. The second-order valence-corrected chi connectivity index (χ2v) is 6.32. The van der Waals surface area contributed by atoms with Crippen molar-refractivity contribution in [1.82, 2.24) is 14.1 Å². The molecule has 6 nitrogen and oxygen atoms in total. The molecule has 2 aromatic rings. The van der Waals surface area contributed by atoms with Gasteiger partial charge in [-0.1, -0.05) is 30.8 Å². The molecule has 0 radical (unpaired) electrons. The molecule has 0 saturated heterocycles. The summed E-state index contributed by atoms with van der Waals surface area (Å²) in [5.41, 5.74) is 0.242. The Hall–Kier alpha value is -1.80. The van der Waals surface area contributed by atoms with Crippen LogP contribution in [-0.4, -0.2) is 26.7 Å². The highest BCUT2D eigenvalue weighted by molar-refractivity contribution is 7.73. The van der Waals surface area contributed by atoms with Crippen LogP contribution in [0.2, 0.25) is 0 Å². The average Bonchev–Trinajstić information content (AvgIpc) is 2.80. The van der Waals surface area contributed by atoms with E-state index in [9.17, 15) is 9.59 Å². The number of nitrogens with zero attached hydrogens (tertiary/aromatic N) is 3. The summed E-state index contributed by atoms with van der Waals surface area (Å²) in [6, 6.07) is 0. The van der Waals surface area contributed by atoms with Crippen LogP contribution in [0.1, 0.15) is 19.8 Å². The molecule has 0 aliphatic rings. The Morgan fingerprint density at radius 3 is 3.05 bits per heavy atom. The van der Waals surface area contributed by atoms with Gasteiger partial charge in [0.05, 0.1) is 6.61 Å². The fourth-order valence-corrected chi connectivity index (χ4v) is 3.21. The molecule has 0 aliphatic carbocycles. The van der Waals surface area contributed by atoms with Crippen LogP contribution in [0.3, 0.4) is 0 Å². The van der Waals surface area contributed by atoms with Crippen LogP contribution in [0.4, 0.5) is 0 Å². The number of hydrogen-bond acceptors (Lipinski definition) is 6. The van der Waals surface area contributed by atoms with Crippen molar-refractivity contribution in [2.24, 2.45) is 0 Å². The summed E-state index contributed by atoms with van der Waals surface area (Å²) in [4.78, 5) is 28.4. The smallest absolute Gasteiger partial charge is 0.326 e. The molecule has 0 spiro atoms. The number of unbranched alkanes of at least 4 members (excludes halogenated alkanes) is 1. The third-order valence-electron chi connectivity index (χ3n) is 3.02. The van der Waals surface area contributed by atoms with Gasteiger partial charge >= 0.3 is 5.97 Å². The van der Waals surface area contributed by atoms with Crippen molar-refractivity contribution < 1.29 is 9.53 Å². The van der Waals surface area contributed by atoms with Gasteiger partial charge in [-0.15, -0.1) is 6.58 Å². The summed E-state index contributed by atoms with van der Waals surface area (Å²) >= 11 is 6.42. The molecule has 22 heavy (non-hydrogen) atoms. The van der Waals surface area contributed by atoms with Crippen molar-refractivity contribution in [1.29, 1.82) is 0 Å². The Bertz CT molecular complexity index is 804. The van der Waals surface area contributed by atoms with Crippen LogP contribution in [0, 0.1) is 3.95 Å². The first-order valence-electron chi connectivity index (χ1n) is 6.93. The van der Waals surface area contributed by atoms with Gasteiger partial charge in [-0.3, -0.25) is 14.2 Å². The van der Waals surface area contributed by atoms with Crippen molar-refractivity contribution in [3.05, 3.63) is 33.3 Å². The minimum atomic E-state index is -0.439. The summed E-state index contributed by atoms with van der Waals surface area (Å²) in [5, 5.41) is 0. The molecule has 0 saturated carbocycles. The Morgan fingerprint density at radius 2 is 2.36 bits per heavy atom. The van der Waals surface area contributed by atoms with E-state index in [1.165, 1.54) is 22.2 Å². The number of carbonyl (C=O) groups excluding carboxylic acids is 1. The van der Waals surface area contributed by atoms with Crippen LogP contribution >= 0.6 is 23.6 Å². The second kappa shape index (κ2) is 7.46.